The first kappa shape index (κ1) is 11.4. The van der Waals surface area contributed by atoms with E-state index in [9.17, 15) is 0 Å². The average molecular weight is 280 g/mol. The van der Waals surface area contributed by atoms with E-state index in [0.717, 1.165) is 16.6 Å². The molecule has 1 unspecified atom stereocenters. The SMILES string of the molecule is Cn1nccc1C(N)Cc1ccc(Br)cc1. The number of hydrogen-bond acceptors (Lipinski definition) is 2. The third-order valence-electron chi connectivity index (χ3n) is 2.61. The number of benzene rings is 1. The maximum atomic E-state index is 6.14. The van der Waals surface area contributed by atoms with Gasteiger partial charge < -0.3 is 5.73 Å². The lowest BCUT2D eigenvalue weighted by Crippen LogP contribution is -2.17. The summed E-state index contributed by atoms with van der Waals surface area (Å²) in [6, 6.07) is 10.2. The van der Waals surface area contributed by atoms with Crippen molar-refractivity contribution in [2.45, 2.75) is 12.5 Å². The summed E-state index contributed by atoms with van der Waals surface area (Å²) in [4.78, 5) is 0. The van der Waals surface area contributed by atoms with Crippen LogP contribution in [-0.2, 0) is 13.5 Å². The quantitative estimate of drug-likeness (QED) is 0.938. The number of hydrogen-bond donors (Lipinski definition) is 1. The highest BCUT2D eigenvalue weighted by Crippen LogP contribution is 2.17. The number of nitrogens with zero attached hydrogens (tertiary/aromatic N) is 2. The Morgan fingerprint density at radius 2 is 2.00 bits per heavy atom. The van der Waals surface area contributed by atoms with E-state index in [4.69, 9.17) is 5.73 Å². The van der Waals surface area contributed by atoms with Gasteiger partial charge in [-0.2, -0.15) is 5.10 Å². The Balaban J connectivity index is 2.10. The minimum atomic E-state index is -0.00586. The van der Waals surface area contributed by atoms with Crippen molar-refractivity contribution in [1.82, 2.24) is 9.78 Å². The molecule has 1 atom stereocenters. The molecule has 4 heteroatoms. The summed E-state index contributed by atoms with van der Waals surface area (Å²) >= 11 is 3.42. The summed E-state index contributed by atoms with van der Waals surface area (Å²) in [5.41, 5.74) is 8.43. The van der Waals surface area contributed by atoms with Gasteiger partial charge >= 0.3 is 0 Å². The van der Waals surface area contributed by atoms with Gasteiger partial charge in [-0.25, -0.2) is 0 Å². The molecule has 0 aliphatic heterocycles. The van der Waals surface area contributed by atoms with Crippen LogP contribution < -0.4 is 5.73 Å². The van der Waals surface area contributed by atoms with Gasteiger partial charge in [-0.3, -0.25) is 4.68 Å². The van der Waals surface area contributed by atoms with Crippen LogP contribution in [0.2, 0.25) is 0 Å². The summed E-state index contributed by atoms with van der Waals surface area (Å²) in [5.74, 6) is 0. The Kier molecular flexibility index (Phi) is 3.41. The first-order chi connectivity index (χ1) is 7.66. The van der Waals surface area contributed by atoms with Crippen molar-refractivity contribution in [3.05, 3.63) is 52.3 Å². The molecule has 0 radical (unpaired) electrons. The fourth-order valence-electron chi connectivity index (χ4n) is 1.73. The van der Waals surface area contributed by atoms with Crippen LogP contribution in [0.3, 0.4) is 0 Å². The summed E-state index contributed by atoms with van der Waals surface area (Å²) in [5, 5.41) is 4.12. The molecule has 1 aromatic carbocycles. The summed E-state index contributed by atoms with van der Waals surface area (Å²) in [6.07, 6.45) is 2.60. The van der Waals surface area contributed by atoms with Crippen molar-refractivity contribution >= 4 is 15.9 Å². The van der Waals surface area contributed by atoms with E-state index in [1.807, 2.05) is 29.9 Å². The molecule has 2 N–H and O–H groups in total. The predicted molar refractivity (Wildman–Crippen MR) is 68.0 cm³/mol. The first-order valence-electron chi connectivity index (χ1n) is 5.15. The molecular weight excluding hydrogens is 266 g/mol. The van der Waals surface area contributed by atoms with Crippen LogP contribution in [0.5, 0.6) is 0 Å². The van der Waals surface area contributed by atoms with Crippen LogP contribution in [-0.4, -0.2) is 9.78 Å². The number of aromatic nitrogens is 2. The molecule has 0 amide bonds. The minimum Gasteiger partial charge on any atom is -0.322 e. The lowest BCUT2D eigenvalue weighted by molar-refractivity contribution is 0.617. The summed E-state index contributed by atoms with van der Waals surface area (Å²) in [6.45, 7) is 0. The van der Waals surface area contributed by atoms with Crippen molar-refractivity contribution in [2.75, 3.05) is 0 Å². The number of rotatable bonds is 3. The maximum Gasteiger partial charge on any atom is 0.0551 e. The van der Waals surface area contributed by atoms with Crippen LogP contribution in [0, 0.1) is 0 Å². The fraction of sp³-hybridized carbons (Fsp3) is 0.250. The number of aryl methyl sites for hydroxylation is 1. The van der Waals surface area contributed by atoms with E-state index in [2.05, 4.69) is 33.2 Å². The van der Waals surface area contributed by atoms with Gasteiger partial charge in [-0.1, -0.05) is 28.1 Å². The average Bonchev–Trinajstić information content (AvgIpc) is 2.68. The van der Waals surface area contributed by atoms with Crippen LogP contribution in [0.4, 0.5) is 0 Å². The molecule has 1 heterocycles. The van der Waals surface area contributed by atoms with Gasteiger partial charge in [0, 0.05) is 17.7 Å². The normalized spacial score (nSPS) is 12.7. The lowest BCUT2D eigenvalue weighted by atomic mass is 10.0. The molecule has 3 nitrogen and oxygen atoms in total. The number of nitrogens with two attached hydrogens (primary N) is 1. The smallest absolute Gasteiger partial charge is 0.0551 e. The highest BCUT2D eigenvalue weighted by Gasteiger charge is 2.10. The molecule has 0 aliphatic carbocycles. The molecule has 0 saturated heterocycles. The molecule has 0 saturated carbocycles. The van der Waals surface area contributed by atoms with Crippen LogP contribution in [0.15, 0.2) is 41.0 Å². The zero-order chi connectivity index (χ0) is 11.5. The third kappa shape index (κ3) is 2.51. The van der Waals surface area contributed by atoms with Gasteiger partial charge in [-0.15, -0.1) is 0 Å². The van der Waals surface area contributed by atoms with E-state index in [1.54, 1.807) is 6.20 Å². The van der Waals surface area contributed by atoms with Crippen LogP contribution in [0.1, 0.15) is 17.3 Å². The molecule has 1 aromatic heterocycles. The zero-order valence-electron chi connectivity index (χ0n) is 9.10. The van der Waals surface area contributed by atoms with Crippen molar-refractivity contribution in [3.63, 3.8) is 0 Å². The van der Waals surface area contributed by atoms with Crippen molar-refractivity contribution in [3.8, 4) is 0 Å². The molecule has 2 rings (SSSR count). The molecule has 0 bridgehead atoms. The Bertz CT molecular complexity index is 461. The maximum absolute atomic E-state index is 6.14. The minimum absolute atomic E-state index is 0.00586. The Hall–Kier alpha value is -1.13. The van der Waals surface area contributed by atoms with E-state index in [-0.39, 0.29) is 6.04 Å². The first-order valence-corrected chi connectivity index (χ1v) is 5.94. The van der Waals surface area contributed by atoms with Gasteiger partial charge in [0.25, 0.3) is 0 Å². The monoisotopic (exact) mass is 279 g/mol. The van der Waals surface area contributed by atoms with Crippen LogP contribution in [0.25, 0.3) is 0 Å². The van der Waals surface area contributed by atoms with E-state index >= 15 is 0 Å². The predicted octanol–water partition coefficient (Wildman–Crippen LogP) is 2.43. The fourth-order valence-corrected chi connectivity index (χ4v) is 1.99. The summed E-state index contributed by atoms with van der Waals surface area (Å²) < 4.78 is 2.91. The Labute approximate surface area is 103 Å². The topological polar surface area (TPSA) is 43.8 Å². The largest absolute Gasteiger partial charge is 0.322 e. The zero-order valence-corrected chi connectivity index (χ0v) is 10.7. The highest BCUT2D eigenvalue weighted by molar-refractivity contribution is 9.10. The van der Waals surface area contributed by atoms with Gasteiger partial charge in [0.1, 0.15) is 0 Å². The molecule has 0 aliphatic rings. The van der Waals surface area contributed by atoms with Gasteiger partial charge in [0.15, 0.2) is 0 Å². The highest BCUT2D eigenvalue weighted by atomic mass is 79.9. The van der Waals surface area contributed by atoms with E-state index in [1.165, 1.54) is 5.56 Å². The second kappa shape index (κ2) is 4.80. The van der Waals surface area contributed by atoms with Gasteiger partial charge in [0.05, 0.1) is 11.7 Å². The van der Waals surface area contributed by atoms with Crippen molar-refractivity contribution in [1.29, 1.82) is 0 Å². The molecule has 2 aromatic rings. The van der Waals surface area contributed by atoms with Gasteiger partial charge in [-0.05, 0) is 30.2 Å². The lowest BCUT2D eigenvalue weighted by Gasteiger charge is -2.12. The molecule has 84 valence electrons. The van der Waals surface area contributed by atoms with E-state index in [0.29, 0.717) is 0 Å². The van der Waals surface area contributed by atoms with Crippen molar-refractivity contribution < 1.29 is 0 Å². The molecule has 0 fully saturated rings. The number of halogens is 1. The molecule has 0 spiro atoms. The third-order valence-corrected chi connectivity index (χ3v) is 3.14. The molecular formula is C12H14BrN3. The Morgan fingerprint density at radius 3 is 2.56 bits per heavy atom. The standard InChI is InChI=1S/C12H14BrN3/c1-16-12(6-7-15-16)11(14)8-9-2-4-10(13)5-3-9/h2-7,11H,8,14H2,1H3. The summed E-state index contributed by atoms with van der Waals surface area (Å²) in [7, 11) is 1.91. The van der Waals surface area contributed by atoms with Crippen molar-refractivity contribution in [2.24, 2.45) is 12.8 Å². The second-order valence-corrected chi connectivity index (χ2v) is 4.73. The van der Waals surface area contributed by atoms with E-state index < -0.39 is 0 Å². The second-order valence-electron chi connectivity index (χ2n) is 3.82. The van der Waals surface area contributed by atoms with Crippen LogP contribution >= 0.6 is 15.9 Å². The molecule has 16 heavy (non-hydrogen) atoms. The Morgan fingerprint density at radius 1 is 1.31 bits per heavy atom. The van der Waals surface area contributed by atoms with Gasteiger partial charge in [0.2, 0.25) is 0 Å².